The van der Waals surface area contributed by atoms with Crippen molar-refractivity contribution in [2.24, 2.45) is 0 Å². The van der Waals surface area contributed by atoms with Crippen molar-refractivity contribution in [2.45, 2.75) is 18.6 Å². The van der Waals surface area contributed by atoms with Crippen LogP contribution in [0.4, 0.5) is 0 Å². The van der Waals surface area contributed by atoms with Gasteiger partial charge in [0, 0.05) is 4.91 Å². The van der Waals surface area contributed by atoms with Gasteiger partial charge < -0.3 is 0 Å². The first-order valence-corrected chi connectivity index (χ1v) is 6.46. The summed E-state index contributed by atoms with van der Waals surface area (Å²) in [6.07, 6.45) is 2.28. The summed E-state index contributed by atoms with van der Waals surface area (Å²) in [5.74, 6) is 0. The third kappa shape index (κ3) is 1.94. The Kier molecular flexibility index (Phi) is 2.43. The minimum absolute atomic E-state index is 0.334. The minimum Gasteiger partial charge on any atom is -0.0775 e. The van der Waals surface area contributed by atoms with Crippen LogP contribution >= 0.6 is 21.6 Å². The molecule has 2 rings (SSSR count). The van der Waals surface area contributed by atoms with Crippen LogP contribution in [0, 0.1) is 0 Å². The van der Waals surface area contributed by atoms with Crippen molar-refractivity contribution in [3.8, 4) is 0 Å². The van der Waals surface area contributed by atoms with Crippen LogP contribution in [0.15, 0.2) is 35.2 Å². The summed E-state index contributed by atoms with van der Waals surface area (Å²) >= 11 is 0. The molecule has 1 aliphatic heterocycles. The number of hydrogen-bond acceptors (Lipinski definition) is 2. The molecule has 1 aliphatic rings. The maximum absolute atomic E-state index is 2.28. The van der Waals surface area contributed by atoms with Crippen LogP contribution < -0.4 is 0 Å². The average molecular weight is 208 g/mol. The second-order valence-corrected chi connectivity index (χ2v) is 6.39. The SMILES string of the molecule is CC1(C)SS/C1=C\c1ccccc1. The Morgan fingerprint density at radius 2 is 1.85 bits per heavy atom. The zero-order valence-corrected chi connectivity index (χ0v) is 9.41. The number of benzene rings is 1. The van der Waals surface area contributed by atoms with E-state index in [1.807, 2.05) is 21.6 Å². The van der Waals surface area contributed by atoms with E-state index >= 15 is 0 Å². The molecule has 0 spiro atoms. The zero-order chi connectivity index (χ0) is 9.31. The van der Waals surface area contributed by atoms with Crippen molar-refractivity contribution in [1.82, 2.24) is 0 Å². The highest BCUT2D eigenvalue weighted by atomic mass is 33.1. The second-order valence-electron chi connectivity index (χ2n) is 3.60. The van der Waals surface area contributed by atoms with Crippen LogP contribution in [0.2, 0.25) is 0 Å². The molecule has 1 aromatic rings. The molecule has 13 heavy (non-hydrogen) atoms. The first kappa shape index (κ1) is 9.22. The van der Waals surface area contributed by atoms with Gasteiger partial charge in [0.15, 0.2) is 0 Å². The van der Waals surface area contributed by atoms with Crippen LogP contribution in [0.1, 0.15) is 19.4 Å². The monoisotopic (exact) mass is 208 g/mol. The van der Waals surface area contributed by atoms with Gasteiger partial charge in [-0.15, -0.1) is 0 Å². The van der Waals surface area contributed by atoms with Gasteiger partial charge in [0.25, 0.3) is 0 Å². The van der Waals surface area contributed by atoms with Crippen LogP contribution in [0.3, 0.4) is 0 Å². The molecule has 0 amide bonds. The molecule has 0 unspecified atom stereocenters. The van der Waals surface area contributed by atoms with Gasteiger partial charge in [-0.25, -0.2) is 0 Å². The zero-order valence-electron chi connectivity index (χ0n) is 7.78. The lowest BCUT2D eigenvalue weighted by molar-refractivity contribution is 0.888. The standard InChI is InChI=1S/C11H12S2/c1-11(2)10(12-13-11)8-9-6-4-3-5-7-9/h3-8H,1-2H3/b10-8-. The molecule has 2 heteroatoms. The molecule has 0 aromatic heterocycles. The molecule has 0 radical (unpaired) electrons. The molecular weight excluding hydrogens is 196 g/mol. The van der Waals surface area contributed by atoms with Crippen LogP contribution in [0.25, 0.3) is 6.08 Å². The van der Waals surface area contributed by atoms with E-state index in [1.165, 1.54) is 10.5 Å². The van der Waals surface area contributed by atoms with Crippen LogP contribution in [-0.4, -0.2) is 4.75 Å². The predicted molar refractivity (Wildman–Crippen MR) is 63.7 cm³/mol. The summed E-state index contributed by atoms with van der Waals surface area (Å²) < 4.78 is 0.334. The molecule has 0 saturated carbocycles. The molecule has 0 nitrogen and oxygen atoms in total. The Labute approximate surface area is 87.2 Å². The fourth-order valence-electron chi connectivity index (χ4n) is 1.15. The third-order valence-electron chi connectivity index (χ3n) is 2.03. The minimum atomic E-state index is 0.334. The largest absolute Gasteiger partial charge is 0.0775 e. The first-order chi connectivity index (χ1) is 6.18. The molecule has 1 saturated heterocycles. The Morgan fingerprint density at radius 1 is 1.15 bits per heavy atom. The van der Waals surface area contributed by atoms with Crippen molar-refractivity contribution < 1.29 is 0 Å². The summed E-state index contributed by atoms with van der Waals surface area (Å²) in [6.45, 7) is 4.53. The van der Waals surface area contributed by atoms with E-state index in [4.69, 9.17) is 0 Å². The van der Waals surface area contributed by atoms with Gasteiger partial charge in [-0.3, -0.25) is 0 Å². The molecule has 0 bridgehead atoms. The number of hydrogen-bond donors (Lipinski definition) is 0. The summed E-state index contributed by atoms with van der Waals surface area (Å²) in [7, 11) is 3.82. The summed E-state index contributed by atoms with van der Waals surface area (Å²) in [4.78, 5) is 1.48. The molecule has 1 fully saturated rings. The Balaban J connectivity index is 2.22. The lowest BCUT2D eigenvalue weighted by Gasteiger charge is -2.35. The maximum Gasteiger partial charge on any atom is 0.0526 e. The van der Waals surface area contributed by atoms with Gasteiger partial charge in [0.1, 0.15) is 0 Å². The van der Waals surface area contributed by atoms with Gasteiger partial charge in [-0.05, 0) is 25.5 Å². The Bertz CT molecular complexity index is 325. The van der Waals surface area contributed by atoms with E-state index in [0.29, 0.717) is 4.75 Å². The quantitative estimate of drug-likeness (QED) is 0.634. The van der Waals surface area contributed by atoms with Crippen molar-refractivity contribution in [1.29, 1.82) is 0 Å². The number of rotatable bonds is 1. The van der Waals surface area contributed by atoms with E-state index in [0.717, 1.165) is 0 Å². The van der Waals surface area contributed by atoms with Gasteiger partial charge in [0.05, 0.1) is 4.75 Å². The van der Waals surface area contributed by atoms with Crippen molar-refractivity contribution in [3.63, 3.8) is 0 Å². The third-order valence-corrected chi connectivity index (χ3v) is 5.73. The summed E-state index contributed by atoms with van der Waals surface area (Å²) in [6, 6.07) is 10.5. The maximum atomic E-state index is 2.28. The topological polar surface area (TPSA) is 0 Å². The lowest BCUT2D eigenvalue weighted by atomic mass is 10.1. The van der Waals surface area contributed by atoms with E-state index in [2.05, 4.69) is 50.3 Å². The summed E-state index contributed by atoms with van der Waals surface area (Å²) in [5.41, 5.74) is 1.30. The van der Waals surface area contributed by atoms with Crippen molar-refractivity contribution in [2.75, 3.05) is 0 Å². The van der Waals surface area contributed by atoms with Gasteiger partial charge in [-0.1, -0.05) is 51.9 Å². The van der Waals surface area contributed by atoms with Crippen LogP contribution in [0.5, 0.6) is 0 Å². The van der Waals surface area contributed by atoms with Gasteiger partial charge in [-0.2, -0.15) is 0 Å². The van der Waals surface area contributed by atoms with Crippen LogP contribution in [-0.2, 0) is 0 Å². The molecular formula is C11H12S2. The molecule has 1 heterocycles. The lowest BCUT2D eigenvalue weighted by Crippen LogP contribution is -2.21. The van der Waals surface area contributed by atoms with Gasteiger partial charge >= 0.3 is 0 Å². The molecule has 0 atom stereocenters. The summed E-state index contributed by atoms with van der Waals surface area (Å²) in [5, 5.41) is 0. The Morgan fingerprint density at radius 3 is 2.31 bits per heavy atom. The molecule has 1 aromatic carbocycles. The molecule has 68 valence electrons. The highest BCUT2D eigenvalue weighted by molar-refractivity contribution is 8.82. The average Bonchev–Trinajstić information content (AvgIpc) is 2.15. The fraction of sp³-hybridized carbons (Fsp3) is 0.273. The smallest absolute Gasteiger partial charge is 0.0526 e. The van der Waals surface area contributed by atoms with E-state index in [-0.39, 0.29) is 0 Å². The molecule has 0 aliphatic carbocycles. The Hall–Kier alpha value is -0.340. The van der Waals surface area contributed by atoms with E-state index in [9.17, 15) is 0 Å². The highest BCUT2D eigenvalue weighted by Gasteiger charge is 2.34. The van der Waals surface area contributed by atoms with E-state index < -0.39 is 0 Å². The van der Waals surface area contributed by atoms with Crippen molar-refractivity contribution in [3.05, 3.63) is 40.8 Å². The van der Waals surface area contributed by atoms with Crippen molar-refractivity contribution >= 4 is 27.7 Å². The molecule has 0 N–H and O–H groups in total. The van der Waals surface area contributed by atoms with Gasteiger partial charge in [0.2, 0.25) is 0 Å². The predicted octanol–water partition coefficient (Wildman–Crippen LogP) is 4.20. The van der Waals surface area contributed by atoms with E-state index in [1.54, 1.807) is 0 Å². The second kappa shape index (κ2) is 3.43. The normalized spacial score (nSPS) is 22.8. The highest BCUT2D eigenvalue weighted by Crippen LogP contribution is 2.59. The first-order valence-electron chi connectivity index (χ1n) is 4.31. The fourth-order valence-corrected chi connectivity index (χ4v) is 3.59.